The molecule has 0 unspecified atom stereocenters. The molecule has 10 aromatic rings. The Morgan fingerprint density at radius 2 is 0.750 bits per heavy atom. The molecule has 2 aliphatic heterocycles. The lowest BCUT2D eigenvalue weighted by Gasteiger charge is -2.42. The van der Waals surface area contributed by atoms with E-state index in [1.165, 1.54) is 122 Å². The number of hydrogen-bond donors (Lipinski definition) is 0. The van der Waals surface area contributed by atoms with Crippen molar-refractivity contribution in [2.45, 2.75) is 38.5 Å². The molecule has 0 atom stereocenters. The minimum Gasteiger partial charge on any atom is -0.344 e. The fraction of sp³-hybridized carbons (Fsp3) is 0.129. The highest BCUT2D eigenvalue weighted by atomic mass is 15.1. The van der Waals surface area contributed by atoms with Gasteiger partial charge in [0.2, 0.25) is 0 Å². The van der Waals surface area contributed by atoms with E-state index in [4.69, 9.17) is 0 Å². The van der Waals surface area contributed by atoms with Crippen LogP contribution in [0.5, 0.6) is 0 Å². The zero-order valence-electron chi connectivity index (χ0n) is 37.4. The first kappa shape index (κ1) is 38.3. The van der Waals surface area contributed by atoms with E-state index in [9.17, 15) is 0 Å². The Morgan fingerprint density at radius 1 is 0.312 bits per heavy atom. The van der Waals surface area contributed by atoms with Gasteiger partial charge in [0.1, 0.15) is 0 Å². The van der Waals surface area contributed by atoms with Gasteiger partial charge in [-0.15, -0.1) is 0 Å². The topological polar surface area (TPSA) is 6.48 Å². The maximum Gasteiger partial charge on any atom is 0.0455 e. The smallest absolute Gasteiger partial charge is 0.0455 e. The van der Waals surface area contributed by atoms with E-state index in [0.717, 1.165) is 0 Å². The molecule has 0 aliphatic carbocycles. The van der Waals surface area contributed by atoms with Crippen LogP contribution in [0.2, 0.25) is 0 Å². The first-order chi connectivity index (χ1) is 31.1. The molecule has 0 spiro atoms. The van der Waals surface area contributed by atoms with E-state index >= 15 is 0 Å². The highest BCUT2D eigenvalue weighted by Gasteiger charge is 2.39. The normalized spacial score (nSPS) is 14.6. The number of hydrogen-bond acceptors (Lipinski definition) is 2. The van der Waals surface area contributed by atoms with E-state index in [0.29, 0.717) is 0 Å². The predicted molar refractivity (Wildman–Crippen MR) is 274 cm³/mol. The molecule has 0 aromatic heterocycles. The van der Waals surface area contributed by atoms with Crippen LogP contribution < -0.4 is 9.80 Å². The summed E-state index contributed by atoms with van der Waals surface area (Å²) >= 11 is 0. The monoisotopic (exact) mass is 822 g/mol. The number of nitrogens with zero attached hydrogens (tertiary/aromatic N) is 2. The maximum atomic E-state index is 2.53. The predicted octanol–water partition coefficient (Wildman–Crippen LogP) is 16.6. The van der Waals surface area contributed by atoms with Crippen molar-refractivity contribution >= 4 is 55.1 Å². The minimum absolute atomic E-state index is 0.237. The van der Waals surface area contributed by atoms with Gasteiger partial charge in [-0.05, 0) is 142 Å². The van der Waals surface area contributed by atoms with Crippen LogP contribution in [-0.2, 0) is 10.8 Å². The van der Waals surface area contributed by atoms with Gasteiger partial charge in [0.05, 0.1) is 0 Å². The molecule has 0 bridgehead atoms. The number of para-hydroxylation sites is 2. The van der Waals surface area contributed by atoms with Crippen LogP contribution in [0.3, 0.4) is 0 Å². The lowest BCUT2D eigenvalue weighted by molar-refractivity contribution is 0.631. The minimum atomic E-state index is -0.237. The summed E-state index contributed by atoms with van der Waals surface area (Å²) in [6.07, 6.45) is 0. The standard InChI is InChI=1S/C62H50N2/c1-61(2)52-30-12-14-32-54(52)63(5)56-34-18-28-47(59(56)61)43-24-16-26-45-49(43)38-50-44(48-29-19-35-57-60(48)62(3,4)53-31-13-15-33-55(53)64(57)6)25-17-27-46(50)58(45)51-37-41(39-20-8-7-9-21-39)36-40-22-10-11-23-42(40)51/h7-38H,1-6H3. The van der Waals surface area contributed by atoms with Crippen LogP contribution in [0.4, 0.5) is 22.7 Å². The van der Waals surface area contributed by atoms with Crippen molar-refractivity contribution in [2.75, 3.05) is 23.9 Å². The van der Waals surface area contributed by atoms with Gasteiger partial charge < -0.3 is 9.80 Å². The van der Waals surface area contributed by atoms with Crippen LogP contribution in [0, 0.1) is 0 Å². The van der Waals surface area contributed by atoms with Crippen molar-refractivity contribution in [1.29, 1.82) is 0 Å². The van der Waals surface area contributed by atoms with Crippen molar-refractivity contribution in [3.63, 3.8) is 0 Å². The first-order valence-electron chi connectivity index (χ1n) is 22.6. The summed E-state index contributed by atoms with van der Waals surface area (Å²) in [5, 5.41) is 7.49. The Balaban J connectivity index is 1.22. The van der Waals surface area contributed by atoms with Gasteiger partial charge >= 0.3 is 0 Å². The van der Waals surface area contributed by atoms with Crippen molar-refractivity contribution in [3.8, 4) is 44.5 Å². The summed E-state index contributed by atoms with van der Waals surface area (Å²) in [6.45, 7) is 9.62. The summed E-state index contributed by atoms with van der Waals surface area (Å²) < 4.78 is 0. The third kappa shape index (κ3) is 5.45. The molecule has 0 fully saturated rings. The average Bonchev–Trinajstić information content (AvgIpc) is 3.33. The second-order valence-electron chi connectivity index (χ2n) is 19.0. The van der Waals surface area contributed by atoms with Gasteiger partial charge in [-0.2, -0.15) is 0 Å². The molecule has 2 heteroatoms. The molecular weight excluding hydrogens is 773 g/mol. The van der Waals surface area contributed by atoms with Gasteiger partial charge in [-0.25, -0.2) is 0 Å². The highest BCUT2D eigenvalue weighted by Crippen LogP contribution is 2.55. The largest absolute Gasteiger partial charge is 0.344 e. The van der Waals surface area contributed by atoms with E-state index in [-0.39, 0.29) is 10.8 Å². The van der Waals surface area contributed by atoms with Gasteiger partial charge in [-0.3, -0.25) is 0 Å². The van der Waals surface area contributed by atoms with Gasteiger partial charge in [0, 0.05) is 47.7 Å². The Kier molecular flexibility index (Phi) is 8.40. The lowest BCUT2D eigenvalue weighted by atomic mass is 9.70. The summed E-state index contributed by atoms with van der Waals surface area (Å²) in [4.78, 5) is 4.78. The molecule has 308 valence electrons. The van der Waals surface area contributed by atoms with E-state index < -0.39 is 0 Å². The fourth-order valence-corrected chi connectivity index (χ4v) is 11.8. The van der Waals surface area contributed by atoms with Crippen molar-refractivity contribution in [2.24, 2.45) is 0 Å². The quantitative estimate of drug-likeness (QED) is 0.163. The second-order valence-corrected chi connectivity index (χ2v) is 19.0. The molecular formula is C62H50N2. The molecule has 2 heterocycles. The third-order valence-corrected chi connectivity index (χ3v) is 14.8. The molecule has 0 saturated carbocycles. The zero-order valence-corrected chi connectivity index (χ0v) is 37.4. The van der Waals surface area contributed by atoms with Crippen LogP contribution in [0.25, 0.3) is 76.8 Å². The van der Waals surface area contributed by atoms with Crippen LogP contribution in [0.15, 0.2) is 194 Å². The van der Waals surface area contributed by atoms with Gasteiger partial charge in [0.15, 0.2) is 0 Å². The fourth-order valence-electron chi connectivity index (χ4n) is 11.8. The lowest BCUT2D eigenvalue weighted by Crippen LogP contribution is -2.31. The number of fused-ring (bicyclic) bond motifs is 7. The zero-order chi connectivity index (χ0) is 43.5. The molecule has 0 N–H and O–H groups in total. The van der Waals surface area contributed by atoms with Crippen LogP contribution in [-0.4, -0.2) is 14.1 Å². The molecule has 2 nitrogen and oxygen atoms in total. The van der Waals surface area contributed by atoms with Crippen molar-refractivity contribution < 1.29 is 0 Å². The van der Waals surface area contributed by atoms with Gasteiger partial charge in [-0.1, -0.05) is 179 Å². The molecule has 2 aliphatic rings. The number of rotatable bonds is 4. The van der Waals surface area contributed by atoms with E-state index in [1.807, 2.05) is 0 Å². The second kappa shape index (κ2) is 14.0. The maximum absolute atomic E-state index is 2.53. The summed E-state index contributed by atoms with van der Waals surface area (Å²) in [7, 11) is 4.45. The van der Waals surface area contributed by atoms with Crippen molar-refractivity contribution in [1.82, 2.24) is 0 Å². The van der Waals surface area contributed by atoms with E-state index in [2.05, 4.69) is 246 Å². The van der Waals surface area contributed by atoms with Crippen LogP contribution >= 0.6 is 0 Å². The Hall–Kier alpha value is -7.42. The number of benzene rings is 10. The molecule has 64 heavy (non-hydrogen) atoms. The molecule has 0 saturated heterocycles. The Bertz CT molecular complexity index is 3370. The number of anilines is 4. The first-order valence-corrected chi connectivity index (χ1v) is 22.6. The molecule has 10 aromatic carbocycles. The third-order valence-electron chi connectivity index (χ3n) is 14.8. The summed E-state index contributed by atoms with van der Waals surface area (Å²) in [5.74, 6) is 0. The molecule has 0 amide bonds. The Labute approximate surface area is 376 Å². The Morgan fingerprint density at radius 3 is 1.31 bits per heavy atom. The summed E-state index contributed by atoms with van der Waals surface area (Å²) in [6, 6.07) is 72.9. The van der Waals surface area contributed by atoms with E-state index in [1.54, 1.807) is 0 Å². The highest BCUT2D eigenvalue weighted by molar-refractivity contribution is 6.22. The molecule has 12 rings (SSSR count). The van der Waals surface area contributed by atoms with Gasteiger partial charge in [0.25, 0.3) is 0 Å². The SMILES string of the molecule is CN1c2ccccc2C(C)(C)c2c(-c3cccc4c(-c5cc(-c6ccccc6)cc6ccccc56)c5cccc(-c6cccc7c6C(C)(C)c6ccccc6N7C)c5cc34)cccc21. The van der Waals surface area contributed by atoms with Crippen LogP contribution in [0.1, 0.15) is 49.9 Å². The van der Waals surface area contributed by atoms with Crippen molar-refractivity contribution in [3.05, 3.63) is 216 Å². The average molecular weight is 823 g/mol. The molecule has 0 radical (unpaired) electrons. The summed E-state index contributed by atoms with van der Waals surface area (Å²) in [5.41, 5.74) is 20.0.